The molecule has 0 radical (unpaired) electrons. The maximum Gasteiger partial charge on any atom is 0.224 e. The van der Waals surface area contributed by atoms with Gasteiger partial charge in [0.15, 0.2) is 5.79 Å². The normalized spacial score (nSPS) is 31.9. The number of aliphatic hydroxyl groups excluding tert-OH is 1. The van der Waals surface area contributed by atoms with E-state index >= 15 is 0 Å². The van der Waals surface area contributed by atoms with Crippen LogP contribution in [-0.2, 0) is 14.3 Å². The van der Waals surface area contributed by atoms with Crippen molar-refractivity contribution in [2.45, 2.75) is 37.6 Å². The monoisotopic (exact) mass is 244 g/mol. The highest BCUT2D eigenvalue weighted by atomic mass is 16.7. The fourth-order valence-electron chi connectivity index (χ4n) is 2.23. The van der Waals surface area contributed by atoms with Gasteiger partial charge in [-0.05, 0) is 13.8 Å². The molecule has 3 N–H and O–H groups in total. The van der Waals surface area contributed by atoms with E-state index < -0.39 is 11.3 Å². The van der Waals surface area contributed by atoms with Crippen LogP contribution >= 0.6 is 0 Å². The summed E-state index contributed by atoms with van der Waals surface area (Å²) in [5.41, 5.74) is 4.99. The molecule has 0 saturated carbocycles. The van der Waals surface area contributed by atoms with Crippen molar-refractivity contribution in [3.8, 4) is 0 Å². The first-order chi connectivity index (χ1) is 7.88. The fraction of sp³-hybridized carbons (Fsp3) is 0.909. The van der Waals surface area contributed by atoms with E-state index in [4.69, 9.17) is 15.2 Å². The van der Waals surface area contributed by atoms with E-state index in [1.165, 1.54) is 0 Å². The van der Waals surface area contributed by atoms with Crippen molar-refractivity contribution >= 4 is 5.91 Å². The molecule has 2 aliphatic rings. The Kier molecular flexibility index (Phi) is 3.15. The van der Waals surface area contributed by atoms with Crippen molar-refractivity contribution in [3.05, 3.63) is 0 Å². The number of aliphatic hydroxyl groups is 1. The van der Waals surface area contributed by atoms with Gasteiger partial charge in [-0.25, -0.2) is 0 Å². The first-order valence-corrected chi connectivity index (χ1v) is 5.83. The molecule has 0 aliphatic carbocycles. The maximum absolute atomic E-state index is 11.8. The molecule has 6 heteroatoms. The summed E-state index contributed by atoms with van der Waals surface area (Å²) >= 11 is 0. The molecular formula is C11H20N2O4. The lowest BCUT2D eigenvalue weighted by Crippen LogP contribution is -2.63. The first-order valence-electron chi connectivity index (χ1n) is 5.83. The van der Waals surface area contributed by atoms with E-state index in [-0.39, 0.29) is 31.8 Å². The highest BCUT2D eigenvalue weighted by Crippen LogP contribution is 2.30. The van der Waals surface area contributed by atoms with E-state index in [2.05, 4.69) is 0 Å². The molecule has 0 aromatic carbocycles. The number of amides is 1. The Morgan fingerprint density at radius 3 is 2.47 bits per heavy atom. The molecular weight excluding hydrogens is 224 g/mol. The minimum Gasteiger partial charge on any atom is -0.394 e. The number of ether oxygens (including phenoxy) is 2. The molecule has 98 valence electrons. The fourth-order valence-corrected chi connectivity index (χ4v) is 2.23. The predicted molar refractivity (Wildman–Crippen MR) is 60.1 cm³/mol. The Hall–Kier alpha value is -0.690. The molecule has 0 aromatic rings. The van der Waals surface area contributed by atoms with Gasteiger partial charge in [0, 0.05) is 19.0 Å². The van der Waals surface area contributed by atoms with Gasteiger partial charge in [0.25, 0.3) is 0 Å². The summed E-state index contributed by atoms with van der Waals surface area (Å²) in [7, 11) is 0. The van der Waals surface area contributed by atoms with Crippen LogP contribution < -0.4 is 5.73 Å². The quantitative estimate of drug-likeness (QED) is 0.655. The van der Waals surface area contributed by atoms with Crippen LogP contribution in [0.25, 0.3) is 0 Å². The number of rotatable bonds is 2. The molecule has 0 aromatic heterocycles. The maximum atomic E-state index is 11.8. The Labute approximate surface area is 101 Å². The lowest BCUT2D eigenvalue weighted by molar-refractivity contribution is -0.288. The van der Waals surface area contributed by atoms with Gasteiger partial charge in [-0.15, -0.1) is 0 Å². The smallest absolute Gasteiger partial charge is 0.224 e. The molecule has 2 aliphatic heterocycles. The van der Waals surface area contributed by atoms with E-state index in [9.17, 15) is 9.90 Å². The van der Waals surface area contributed by atoms with Crippen molar-refractivity contribution in [1.82, 2.24) is 4.90 Å². The lowest BCUT2D eigenvalue weighted by Gasteiger charge is -2.47. The minimum atomic E-state index is -0.777. The average Bonchev–Trinajstić information content (AvgIpc) is 2.60. The predicted octanol–water partition coefficient (Wildman–Crippen LogP) is -0.940. The minimum absolute atomic E-state index is 0.0431. The molecule has 2 rings (SSSR count). The molecule has 1 unspecified atom stereocenters. The van der Waals surface area contributed by atoms with Crippen LogP contribution in [0.5, 0.6) is 0 Å². The van der Waals surface area contributed by atoms with Gasteiger partial charge in [0.05, 0.1) is 19.8 Å². The third-order valence-corrected chi connectivity index (χ3v) is 3.40. The first kappa shape index (κ1) is 12.8. The highest BCUT2D eigenvalue weighted by molar-refractivity contribution is 5.80. The van der Waals surface area contributed by atoms with Gasteiger partial charge < -0.3 is 25.2 Å². The van der Waals surface area contributed by atoms with Crippen LogP contribution in [0.1, 0.15) is 20.3 Å². The van der Waals surface area contributed by atoms with Gasteiger partial charge in [-0.3, -0.25) is 4.79 Å². The topological polar surface area (TPSA) is 85.0 Å². The van der Waals surface area contributed by atoms with E-state index in [0.717, 1.165) is 0 Å². The van der Waals surface area contributed by atoms with Gasteiger partial charge in [-0.2, -0.15) is 0 Å². The number of carbonyl (C=O) groups excluding carboxylic acids is 1. The molecule has 1 atom stereocenters. The summed E-state index contributed by atoms with van der Waals surface area (Å²) in [4.78, 5) is 13.4. The number of hydrogen-bond acceptors (Lipinski definition) is 5. The molecule has 0 spiro atoms. The zero-order valence-electron chi connectivity index (χ0n) is 10.3. The molecule has 2 saturated heterocycles. The van der Waals surface area contributed by atoms with Gasteiger partial charge in [0.2, 0.25) is 5.91 Å². The third kappa shape index (κ3) is 2.30. The summed E-state index contributed by atoms with van der Waals surface area (Å²) in [6.07, 6.45) is 0.325. The summed E-state index contributed by atoms with van der Waals surface area (Å²) < 4.78 is 11.1. The highest BCUT2D eigenvalue weighted by Gasteiger charge is 2.48. The second kappa shape index (κ2) is 4.20. The van der Waals surface area contributed by atoms with Crippen molar-refractivity contribution in [3.63, 3.8) is 0 Å². The van der Waals surface area contributed by atoms with Crippen molar-refractivity contribution < 1.29 is 19.4 Å². The zero-order chi connectivity index (χ0) is 12.7. The van der Waals surface area contributed by atoms with Crippen molar-refractivity contribution in [2.75, 3.05) is 26.4 Å². The zero-order valence-corrected chi connectivity index (χ0v) is 10.3. The summed E-state index contributed by atoms with van der Waals surface area (Å²) in [6.45, 7) is 4.44. The molecule has 17 heavy (non-hydrogen) atoms. The molecule has 2 heterocycles. The number of hydrogen-bond donors (Lipinski definition) is 2. The number of likely N-dealkylation sites (tertiary alicyclic amines) is 1. The average molecular weight is 244 g/mol. The molecule has 2 fully saturated rings. The third-order valence-electron chi connectivity index (χ3n) is 3.40. The van der Waals surface area contributed by atoms with Crippen LogP contribution in [0.4, 0.5) is 0 Å². The standard InChI is InChI=1S/C11H20N2O4/c1-10(2)16-6-11(5-14,7-17-10)13-4-8(12)3-9(13)15/h8,14H,3-7,12H2,1-2H3. The summed E-state index contributed by atoms with van der Waals surface area (Å²) in [5.74, 6) is -0.706. The lowest BCUT2D eigenvalue weighted by atomic mass is 9.99. The van der Waals surface area contributed by atoms with Crippen molar-refractivity contribution in [1.29, 1.82) is 0 Å². The van der Waals surface area contributed by atoms with Crippen LogP contribution in [0.15, 0.2) is 0 Å². The number of nitrogens with two attached hydrogens (primary N) is 1. The van der Waals surface area contributed by atoms with Crippen molar-refractivity contribution in [2.24, 2.45) is 5.73 Å². The number of nitrogens with zero attached hydrogens (tertiary/aromatic N) is 1. The largest absolute Gasteiger partial charge is 0.394 e. The van der Waals surface area contributed by atoms with E-state index in [1.807, 2.05) is 13.8 Å². The Bertz CT molecular complexity index is 309. The summed E-state index contributed by atoms with van der Waals surface area (Å²) in [5, 5.41) is 9.58. The number of carbonyl (C=O) groups is 1. The van der Waals surface area contributed by atoms with Gasteiger partial charge in [0.1, 0.15) is 5.54 Å². The molecule has 1 amide bonds. The Morgan fingerprint density at radius 1 is 1.47 bits per heavy atom. The molecule has 6 nitrogen and oxygen atoms in total. The Balaban J connectivity index is 2.13. The van der Waals surface area contributed by atoms with E-state index in [0.29, 0.717) is 13.0 Å². The van der Waals surface area contributed by atoms with E-state index in [1.54, 1.807) is 4.90 Å². The Morgan fingerprint density at radius 2 is 2.06 bits per heavy atom. The van der Waals surface area contributed by atoms with Crippen LogP contribution in [0.2, 0.25) is 0 Å². The van der Waals surface area contributed by atoms with Crippen LogP contribution in [0.3, 0.4) is 0 Å². The van der Waals surface area contributed by atoms with Gasteiger partial charge in [-0.1, -0.05) is 0 Å². The van der Waals surface area contributed by atoms with Gasteiger partial charge >= 0.3 is 0 Å². The van der Waals surface area contributed by atoms with Crippen LogP contribution in [0, 0.1) is 0 Å². The second-order valence-electron chi connectivity index (χ2n) is 5.33. The molecule has 0 bridgehead atoms. The second-order valence-corrected chi connectivity index (χ2v) is 5.33. The SMILES string of the molecule is CC1(C)OCC(CO)(N2CC(N)CC2=O)CO1. The summed E-state index contributed by atoms with van der Waals surface area (Å²) in [6, 6.07) is -0.166. The van der Waals surface area contributed by atoms with Crippen LogP contribution in [-0.4, -0.2) is 59.6 Å².